The largest absolute Gasteiger partial charge is 0.508 e. The van der Waals surface area contributed by atoms with Gasteiger partial charge in [0, 0.05) is 81.1 Å². The first kappa shape index (κ1) is 94.3. The van der Waals surface area contributed by atoms with Crippen molar-refractivity contribution in [3.8, 4) is 5.75 Å². The fraction of sp³-hybridized carbons (Fsp3) is 0.500. The molecule has 118 heavy (non-hydrogen) atoms. The number of rotatable bonds is 50. The zero-order valence-electron chi connectivity index (χ0n) is 66.3. The lowest BCUT2D eigenvalue weighted by atomic mass is 10.0. The van der Waals surface area contributed by atoms with Crippen molar-refractivity contribution in [1.82, 2.24) is 89.0 Å². The number of fused-ring (bicyclic) bond motifs is 1. The molecule has 40 heteroatoms. The van der Waals surface area contributed by atoms with Crippen molar-refractivity contribution in [2.45, 2.75) is 203 Å². The number of unbranched alkanes of at least 4 members (excludes halogenated alkanes) is 2. The summed E-state index contributed by atoms with van der Waals surface area (Å²) in [5.41, 5.74) is 19.3. The number of primary amides is 1. The van der Waals surface area contributed by atoms with Gasteiger partial charge in [-0.05, 0) is 105 Å². The lowest BCUT2D eigenvalue weighted by Crippen LogP contribution is -2.61. The second kappa shape index (κ2) is 48.1. The number of benzene rings is 3. The molecule has 0 saturated carbocycles. The number of hydrogen-bond acceptors (Lipinski definition) is 21. The highest BCUT2D eigenvalue weighted by Gasteiger charge is 2.41. The van der Waals surface area contributed by atoms with Crippen molar-refractivity contribution in [3.05, 3.63) is 120 Å². The fourth-order valence-electron chi connectivity index (χ4n) is 13.1. The van der Waals surface area contributed by atoms with Gasteiger partial charge in [-0.15, -0.1) is 0 Å². The predicted molar refractivity (Wildman–Crippen MR) is 428 cm³/mol. The van der Waals surface area contributed by atoms with Crippen LogP contribution < -0.4 is 86.3 Å². The number of carbonyl (C=O) groups excluding carboxylic acids is 14. The van der Waals surface area contributed by atoms with Crippen LogP contribution in [0.5, 0.6) is 5.75 Å². The first-order valence-electron chi connectivity index (χ1n) is 39.1. The number of amides is 14. The van der Waals surface area contributed by atoms with Crippen LogP contribution in [0, 0.1) is 11.3 Å². The molecular formula is C78H111N21O19. The summed E-state index contributed by atoms with van der Waals surface area (Å²) in [6.45, 7) is 3.96. The molecule has 642 valence electrons. The lowest BCUT2D eigenvalue weighted by Gasteiger charge is -2.30. The maximum absolute atomic E-state index is 15.2. The van der Waals surface area contributed by atoms with Gasteiger partial charge in [0.15, 0.2) is 5.96 Å². The van der Waals surface area contributed by atoms with Crippen LogP contribution in [0.1, 0.15) is 127 Å². The molecule has 5 aromatic rings. The number of nitrogens with two attached hydrogens (primary N) is 3. The molecule has 1 aliphatic heterocycles. The summed E-state index contributed by atoms with van der Waals surface area (Å²) < 4.78 is 0. The number of carboxylic acid groups (broad SMARTS) is 1. The summed E-state index contributed by atoms with van der Waals surface area (Å²) in [6, 6.07) is 3.00. The highest BCUT2D eigenvalue weighted by Crippen LogP contribution is 2.23. The zero-order chi connectivity index (χ0) is 86.5. The number of likely N-dealkylation sites (tertiary alicyclic amines) is 1. The molecule has 1 saturated heterocycles. The number of aromatic amines is 2. The van der Waals surface area contributed by atoms with Crippen LogP contribution in [0.2, 0.25) is 0 Å². The highest BCUT2D eigenvalue weighted by atomic mass is 16.4. The third-order valence-electron chi connectivity index (χ3n) is 19.5. The number of nitrogens with zero attached hydrogens (tertiary/aromatic N) is 2. The lowest BCUT2D eigenvalue weighted by molar-refractivity contribution is -0.142. The molecule has 40 nitrogen and oxygen atoms in total. The summed E-state index contributed by atoms with van der Waals surface area (Å²) in [4.78, 5) is 220. The molecule has 2 aromatic heterocycles. The van der Waals surface area contributed by atoms with E-state index < -0.39 is 200 Å². The van der Waals surface area contributed by atoms with E-state index in [2.05, 4.69) is 84.1 Å². The van der Waals surface area contributed by atoms with Crippen molar-refractivity contribution >= 4 is 106 Å². The van der Waals surface area contributed by atoms with Gasteiger partial charge < -0.3 is 122 Å². The number of hydrogen-bond donors (Lipinski definition) is 23. The highest BCUT2D eigenvalue weighted by molar-refractivity contribution is 6.00. The Hall–Kier alpha value is -12.6. The van der Waals surface area contributed by atoms with Crippen LogP contribution in [0.4, 0.5) is 0 Å². The summed E-state index contributed by atoms with van der Waals surface area (Å²) in [5, 5.41) is 81.9. The van der Waals surface area contributed by atoms with E-state index in [0.29, 0.717) is 53.3 Å². The number of aliphatic carboxylic acids is 1. The second-order valence-electron chi connectivity index (χ2n) is 29.0. The van der Waals surface area contributed by atoms with E-state index in [0.717, 1.165) is 6.92 Å². The van der Waals surface area contributed by atoms with E-state index in [-0.39, 0.29) is 101 Å². The summed E-state index contributed by atoms with van der Waals surface area (Å²) in [6.07, 6.45) is 3.71. The normalized spacial score (nSPS) is 15.2. The minimum atomic E-state index is -1.83. The minimum absolute atomic E-state index is 0.00399. The molecular weight excluding hydrogens is 1530 g/mol. The zero-order valence-corrected chi connectivity index (χ0v) is 66.3. The monoisotopic (exact) mass is 1650 g/mol. The number of H-pyrrole nitrogens is 2. The number of carbonyl (C=O) groups is 15. The molecule has 26 N–H and O–H groups in total. The number of nitrogens with one attached hydrogen (secondary N) is 16. The SMILES string of the molecule is CCCC[C@H](NC(=O)[C@H](CO)NC(=O)[C@H](Cc1ccc(O)cc1)NC(=O)[C@H](CO)NC(C)=O)C(=O)N[C@@H](CCC(=O)O)C(=O)N[C@H](Cc1cnc[nH]1)C(=O)N[C@H](Cc1ccccc1)C(=O)N[C@@H](CCCNC(=N)N)C(=O)N[C@@H](Cc1c[nH]c2ccccc12)C(=O)NCC(=O)N[C@@H](CCCCN)C(=O)N1CCC[C@H]1C(=O)N[C@H](C(N)=O)C(C)C. The van der Waals surface area contributed by atoms with E-state index in [1.165, 1.54) is 41.7 Å². The number of aliphatic hydroxyl groups excluding tert-OH is 2. The first-order valence-corrected chi connectivity index (χ1v) is 39.1. The molecule has 14 amide bonds. The van der Waals surface area contributed by atoms with Gasteiger partial charge in [-0.1, -0.05) is 94.3 Å². The Morgan fingerprint density at radius 3 is 1.60 bits per heavy atom. The van der Waals surface area contributed by atoms with E-state index >= 15 is 14.4 Å². The Balaban J connectivity index is 1.25. The molecule has 0 radical (unpaired) electrons. The van der Waals surface area contributed by atoms with Crippen molar-refractivity contribution in [3.63, 3.8) is 0 Å². The molecule has 0 unspecified atom stereocenters. The molecule has 12 atom stereocenters. The number of guanidine groups is 1. The number of phenols is 1. The predicted octanol–water partition coefficient (Wildman–Crippen LogP) is -4.10. The number of aliphatic hydroxyl groups is 2. The van der Waals surface area contributed by atoms with E-state index in [4.69, 9.17) is 22.6 Å². The van der Waals surface area contributed by atoms with E-state index in [9.17, 15) is 78.0 Å². The number of carboxylic acids is 1. The van der Waals surface area contributed by atoms with Gasteiger partial charge in [-0.25, -0.2) is 4.98 Å². The van der Waals surface area contributed by atoms with Crippen LogP contribution in [-0.4, -0.2) is 247 Å². The number of aromatic hydroxyl groups is 1. The number of aromatic nitrogens is 3. The van der Waals surface area contributed by atoms with Gasteiger partial charge in [-0.2, -0.15) is 0 Å². The maximum Gasteiger partial charge on any atom is 0.303 e. The van der Waals surface area contributed by atoms with Crippen LogP contribution in [0.3, 0.4) is 0 Å². The van der Waals surface area contributed by atoms with Crippen molar-refractivity contribution in [2.75, 3.05) is 39.4 Å². The van der Waals surface area contributed by atoms with Crippen LogP contribution in [0.15, 0.2) is 97.6 Å². The molecule has 0 aliphatic carbocycles. The molecule has 1 fully saturated rings. The van der Waals surface area contributed by atoms with Gasteiger partial charge in [0.1, 0.15) is 78.3 Å². The fourth-order valence-corrected chi connectivity index (χ4v) is 13.1. The van der Waals surface area contributed by atoms with Crippen LogP contribution in [0.25, 0.3) is 10.9 Å². The van der Waals surface area contributed by atoms with Gasteiger partial charge in [-0.3, -0.25) is 77.3 Å². The average Bonchev–Trinajstić information content (AvgIpc) is 1.64. The molecule has 1 aliphatic rings. The third kappa shape index (κ3) is 30.6. The molecule has 0 spiro atoms. The topological polar surface area (TPSA) is 643 Å². The van der Waals surface area contributed by atoms with Gasteiger partial charge in [0.05, 0.1) is 26.1 Å². The number of para-hydroxylation sites is 1. The standard InChI is InChI=1S/C78H111N21O19/c1-5-6-19-52(91-75(116)61(41-101)97-72(113)57(34-46-24-26-49(103)27-25-46)94-74(115)60(40-100)88-44(4)102)68(109)92-54(28-29-64(105)106)70(111)96-59(36-48-38-83-42-87-48)73(114)93-56(33-45-16-8-7-9-17-45)71(112)90-53(22-14-31-84-78(81)82)69(110)95-58(35-47-37-85-51-20-11-10-18-50(47)51)67(108)86-39-63(104)89-55(21-12-13-30-79)77(118)99-32-15-23-62(99)76(117)98-65(43(2)3)66(80)107/h7-11,16-18,20,24-27,37-38,42-43,52-62,65,85,100-101,103H,5-6,12-15,19,21-23,28-36,39-41,79H2,1-4H3,(H2,80,107)(H,83,87)(H,86,108)(H,88,102)(H,89,104)(H,90,112)(H,91,116)(H,92,109)(H,93,114)(H,94,115)(H,95,110)(H,96,111)(H,97,113)(H,98,117)(H,105,106)(H4,81,82,84)/t52-,53-,54-,55-,56+,57-,58-,59+,60-,61-,62-,65-/m0/s1. The number of imidazole rings is 1. The average molecular weight is 1650 g/mol. The van der Waals surface area contributed by atoms with Crippen molar-refractivity contribution < 1.29 is 92.3 Å². The van der Waals surface area contributed by atoms with Gasteiger partial charge in [0.25, 0.3) is 0 Å². The van der Waals surface area contributed by atoms with Gasteiger partial charge >= 0.3 is 5.97 Å². The first-order chi connectivity index (χ1) is 56.3. The second-order valence-corrected chi connectivity index (χ2v) is 29.0. The van der Waals surface area contributed by atoms with Crippen molar-refractivity contribution in [1.29, 1.82) is 5.41 Å². The molecule has 6 rings (SSSR count). The Bertz CT molecular complexity index is 4240. The third-order valence-corrected chi connectivity index (χ3v) is 19.5. The Kier molecular flexibility index (Phi) is 38.4. The Morgan fingerprint density at radius 1 is 0.559 bits per heavy atom. The molecule has 3 heterocycles. The Labute approximate surface area is 680 Å². The molecule has 0 bridgehead atoms. The van der Waals surface area contributed by atoms with Crippen molar-refractivity contribution in [2.24, 2.45) is 23.1 Å². The minimum Gasteiger partial charge on any atom is -0.508 e. The summed E-state index contributed by atoms with van der Waals surface area (Å²) in [5.74, 6) is -15.1. The number of phenolic OH excluding ortho intramolecular Hbond substituents is 1. The maximum atomic E-state index is 15.2. The van der Waals surface area contributed by atoms with E-state index in [1.807, 2.05) is 0 Å². The van der Waals surface area contributed by atoms with Crippen LogP contribution in [-0.2, 0) is 97.6 Å². The summed E-state index contributed by atoms with van der Waals surface area (Å²) >= 11 is 0. The van der Waals surface area contributed by atoms with E-state index in [1.54, 1.807) is 81.6 Å². The Morgan fingerprint density at radius 2 is 1.07 bits per heavy atom. The molecule has 3 aromatic carbocycles. The summed E-state index contributed by atoms with van der Waals surface area (Å²) in [7, 11) is 0. The van der Waals surface area contributed by atoms with Gasteiger partial charge in [0.2, 0.25) is 82.7 Å². The quantitative estimate of drug-likeness (QED) is 0.01000. The smallest absolute Gasteiger partial charge is 0.303 e. The van der Waals surface area contributed by atoms with Crippen LogP contribution >= 0.6 is 0 Å².